The Bertz CT molecular complexity index is 553. The van der Waals surface area contributed by atoms with Crippen LogP contribution in [0.5, 0.6) is 0 Å². The molecule has 3 rings (SSSR count). The summed E-state index contributed by atoms with van der Waals surface area (Å²) < 4.78 is 0. The van der Waals surface area contributed by atoms with Gasteiger partial charge in [0.2, 0.25) is 0 Å². The maximum Gasteiger partial charge on any atom is 0.144 e. The molecular weight excluding hydrogens is 224 g/mol. The van der Waals surface area contributed by atoms with Crippen LogP contribution >= 0.6 is 0 Å². The number of nitrogens with zero attached hydrogens (tertiary/aromatic N) is 3. The quantitative estimate of drug-likeness (QED) is 0.889. The molecule has 1 N–H and O–H groups in total. The van der Waals surface area contributed by atoms with Crippen LogP contribution in [0.1, 0.15) is 11.4 Å². The Balaban J connectivity index is 1.94. The van der Waals surface area contributed by atoms with Crippen molar-refractivity contribution in [3.05, 3.63) is 47.9 Å². The van der Waals surface area contributed by atoms with Crippen molar-refractivity contribution >= 4 is 11.5 Å². The summed E-state index contributed by atoms with van der Waals surface area (Å²) in [6, 6.07) is 10.5. The summed E-state index contributed by atoms with van der Waals surface area (Å²) in [7, 11) is 1.90. The highest BCUT2D eigenvalue weighted by molar-refractivity contribution is 5.67. The Morgan fingerprint density at radius 2 is 2.17 bits per heavy atom. The SMILES string of the molecule is CNCc1nccc(N2CCc3ccccc32)n1. The second-order valence-electron chi connectivity index (χ2n) is 4.39. The van der Waals surface area contributed by atoms with Gasteiger partial charge in [-0.2, -0.15) is 0 Å². The molecule has 0 atom stereocenters. The van der Waals surface area contributed by atoms with Gasteiger partial charge in [0.25, 0.3) is 0 Å². The fourth-order valence-corrected chi connectivity index (χ4v) is 2.36. The van der Waals surface area contributed by atoms with E-state index in [0.717, 1.165) is 24.6 Å². The fourth-order valence-electron chi connectivity index (χ4n) is 2.36. The lowest BCUT2D eigenvalue weighted by molar-refractivity contribution is 0.755. The summed E-state index contributed by atoms with van der Waals surface area (Å²) in [5, 5.41) is 3.08. The van der Waals surface area contributed by atoms with E-state index in [-0.39, 0.29) is 0 Å². The standard InChI is InChI=1S/C14H16N4/c1-15-10-13-16-8-6-14(17-13)18-9-7-11-4-2-3-5-12(11)18/h2-6,8,15H,7,9-10H2,1H3. The van der Waals surface area contributed by atoms with Crippen molar-refractivity contribution in [3.8, 4) is 0 Å². The third-order valence-electron chi connectivity index (χ3n) is 3.19. The molecule has 0 unspecified atom stereocenters. The highest BCUT2D eigenvalue weighted by Gasteiger charge is 2.20. The molecule has 0 aliphatic carbocycles. The summed E-state index contributed by atoms with van der Waals surface area (Å²) >= 11 is 0. The molecule has 4 heteroatoms. The monoisotopic (exact) mass is 240 g/mol. The summed E-state index contributed by atoms with van der Waals surface area (Å²) in [6.45, 7) is 1.69. The number of anilines is 2. The van der Waals surface area contributed by atoms with Crippen LogP contribution < -0.4 is 10.2 Å². The van der Waals surface area contributed by atoms with E-state index in [4.69, 9.17) is 0 Å². The van der Waals surface area contributed by atoms with E-state index in [1.54, 1.807) is 0 Å². The maximum absolute atomic E-state index is 4.60. The summed E-state index contributed by atoms with van der Waals surface area (Å²) in [6.07, 6.45) is 2.91. The molecule has 1 aromatic carbocycles. The minimum atomic E-state index is 0.698. The number of rotatable bonds is 3. The number of nitrogens with one attached hydrogen (secondary N) is 1. The molecule has 0 spiro atoms. The van der Waals surface area contributed by atoms with Crippen molar-refractivity contribution in [2.75, 3.05) is 18.5 Å². The van der Waals surface area contributed by atoms with Crippen molar-refractivity contribution < 1.29 is 0 Å². The van der Waals surface area contributed by atoms with Crippen LogP contribution in [-0.4, -0.2) is 23.6 Å². The van der Waals surface area contributed by atoms with Crippen LogP contribution in [0.15, 0.2) is 36.5 Å². The third-order valence-corrected chi connectivity index (χ3v) is 3.19. The zero-order valence-corrected chi connectivity index (χ0v) is 10.4. The zero-order valence-electron chi connectivity index (χ0n) is 10.4. The number of para-hydroxylation sites is 1. The summed E-state index contributed by atoms with van der Waals surface area (Å²) in [4.78, 5) is 11.1. The lowest BCUT2D eigenvalue weighted by Gasteiger charge is -2.18. The van der Waals surface area contributed by atoms with Gasteiger partial charge in [0, 0.05) is 18.4 Å². The number of hydrogen-bond donors (Lipinski definition) is 1. The number of fused-ring (bicyclic) bond motifs is 1. The Kier molecular flexibility index (Phi) is 2.94. The van der Waals surface area contributed by atoms with E-state index in [0.29, 0.717) is 6.54 Å². The van der Waals surface area contributed by atoms with Crippen LogP contribution in [0.3, 0.4) is 0 Å². The van der Waals surface area contributed by atoms with Crippen molar-refractivity contribution in [1.82, 2.24) is 15.3 Å². The molecule has 0 amide bonds. The Morgan fingerprint density at radius 1 is 1.28 bits per heavy atom. The van der Waals surface area contributed by atoms with E-state index < -0.39 is 0 Å². The van der Waals surface area contributed by atoms with Gasteiger partial charge in [0.1, 0.15) is 11.6 Å². The Labute approximate surface area is 107 Å². The molecule has 1 aliphatic heterocycles. The number of benzene rings is 1. The van der Waals surface area contributed by atoms with Crippen LogP contribution in [0.4, 0.5) is 11.5 Å². The van der Waals surface area contributed by atoms with Gasteiger partial charge in [-0.1, -0.05) is 18.2 Å². The fraction of sp³-hybridized carbons (Fsp3) is 0.286. The minimum absolute atomic E-state index is 0.698. The molecule has 0 bridgehead atoms. The van der Waals surface area contributed by atoms with Gasteiger partial charge in [-0.15, -0.1) is 0 Å². The first-order valence-corrected chi connectivity index (χ1v) is 6.20. The van der Waals surface area contributed by atoms with Crippen molar-refractivity contribution in [1.29, 1.82) is 0 Å². The highest BCUT2D eigenvalue weighted by atomic mass is 15.2. The van der Waals surface area contributed by atoms with Gasteiger partial charge >= 0.3 is 0 Å². The van der Waals surface area contributed by atoms with Crippen molar-refractivity contribution in [2.45, 2.75) is 13.0 Å². The van der Waals surface area contributed by atoms with E-state index in [1.165, 1.54) is 11.3 Å². The van der Waals surface area contributed by atoms with Crippen LogP contribution in [0, 0.1) is 0 Å². The first kappa shape index (κ1) is 11.2. The molecule has 0 fully saturated rings. The predicted octanol–water partition coefficient (Wildman–Crippen LogP) is 1.89. The van der Waals surface area contributed by atoms with Crippen LogP contribution in [0.25, 0.3) is 0 Å². The number of hydrogen-bond acceptors (Lipinski definition) is 4. The molecule has 0 radical (unpaired) electrons. The van der Waals surface area contributed by atoms with Gasteiger partial charge in [-0.25, -0.2) is 9.97 Å². The molecule has 4 nitrogen and oxygen atoms in total. The average molecular weight is 240 g/mol. The molecule has 1 aliphatic rings. The molecule has 18 heavy (non-hydrogen) atoms. The first-order chi connectivity index (χ1) is 8.88. The topological polar surface area (TPSA) is 41.1 Å². The van der Waals surface area contributed by atoms with Crippen molar-refractivity contribution in [3.63, 3.8) is 0 Å². The second-order valence-corrected chi connectivity index (χ2v) is 4.39. The normalized spacial score (nSPS) is 13.7. The second kappa shape index (κ2) is 4.74. The summed E-state index contributed by atoms with van der Waals surface area (Å²) in [5.41, 5.74) is 2.66. The van der Waals surface area contributed by atoms with Crippen LogP contribution in [-0.2, 0) is 13.0 Å². The van der Waals surface area contributed by atoms with E-state index in [2.05, 4.69) is 44.5 Å². The van der Waals surface area contributed by atoms with E-state index in [1.807, 2.05) is 19.3 Å². The Morgan fingerprint density at radius 3 is 3.06 bits per heavy atom. The van der Waals surface area contributed by atoms with Gasteiger partial charge < -0.3 is 10.2 Å². The molecule has 2 aromatic rings. The lowest BCUT2D eigenvalue weighted by atomic mass is 10.2. The zero-order chi connectivity index (χ0) is 12.4. The van der Waals surface area contributed by atoms with Gasteiger partial charge in [-0.3, -0.25) is 0 Å². The average Bonchev–Trinajstić information content (AvgIpc) is 2.83. The van der Waals surface area contributed by atoms with Crippen LogP contribution in [0.2, 0.25) is 0 Å². The van der Waals surface area contributed by atoms with E-state index >= 15 is 0 Å². The first-order valence-electron chi connectivity index (χ1n) is 6.20. The third kappa shape index (κ3) is 1.95. The number of aromatic nitrogens is 2. The largest absolute Gasteiger partial charge is 0.326 e. The van der Waals surface area contributed by atoms with Crippen molar-refractivity contribution in [2.24, 2.45) is 0 Å². The van der Waals surface area contributed by atoms with Gasteiger partial charge in [0.15, 0.2) is 0 Å². The predicted molar refractivity (Wildman–Crippen MR) is 71.9 cm³/mol. The maximum atomic E-state index is 4.60. The lowest BCUT2D eigenvalue weighted by Crippen LogP contribution is -2.17. The Hall–Kier alpha value is -1.94. The summed E-state index contributed by atoms with van der Waals surface area (Å²) in [5.74, 6) is 1.82. The molecular formula is C14H16N4. The smallest absolute Gasteiger partial charge is 0.144 e. The molecule has 92 valence electrons. The molecule has 2 heterocycles. The van der Waals surface area contributed by atoms with Gasteiger partial charge in [-0.05, 0) is 31.2 Å². The highest BCUT2D eigenvalue weighted by Crippen LogP contribution is 2.32. The molecule has 0 saturated carbocycles. The molecule has 1 aromatic heterocycles. The molecule has 0 saturated heterocycles. The minimum Gasteiger partial charge on any atom is -0.326 e. The van der Waals surface area contributed by atoms with E-state index in [9.17, 15) is 0 Å². The van der Waals surface area contributed by atoms with Gasteiger partial charge in [0.05, 0.1) is 6.54 Å².